The highest BCUT2D eigenvalue weighted by atomic mass is 16.5. The summed E-state index contributed by atoms with van der Waals surface area (Å²) in [6.07, 6.45) is -0.707. The van der Waals surface area contributed by atoms with Gasteiger partial charge in [0.2, 0.25) is 0 Å². The molecule has 0 unspecified atom stereocenters. The van der Waals surface area contributed by atoms with Crippen molar-refractivity contribution in [2.75, 3.05) is 11.9 Å². The third-order valence-corrected chi connectivity index (χ3v) is 4.56. The number of hydrogen-bond donors (Lipinski definition) is 2. The Morgan fingerprint density at radius 2 is 1.69 bits per heavy atom. The van der Waals surface area contributed by atoms with Crippen molar-refractivity contribution >= 4 is 17.5 Å². The Hall–Kier alpha value is -2.82. The van der Waals surface area contributed by atoms with Crippen molar-refractivity contribution in [1.29, 1.82) is 0 Å². The molecule has 29 heavy (non-hydrogen) atoms. The summed E-state index contributed by atoms with van der Waals surface area (Å²) in [6, 6.07) is 13.0. The molecular weight excluding hydrogens is 364 g/mol. The molecule has 0 fully saturated rings. The molecule has 0 aliphatic carbocycles. The number of carbonyl (C=O) groups excluding carboxylic acids is 2. The molecule has 2 N–H and O–H groups in total. The zero-order valence-corrected chi connectivity index (χ0v) is 18.2. The lowest BCUT2D eigenvalue weighted by atomic mass is 10.0. The zero-order valence-electron chi connectivity index (χ0n) is 18.2. The van der Waals surface area contributed by atoms with Crippen molar-refractivity contribution in [3.05, 3.63) is 59.2 Å². The first-order valence-electron chi connectivity index (χ1n) is 10.1. The van der Waals surface area contributed by atoms with Gasteiger partial charge in [0.25, 0.3) is 11.8 Å². The minimum absolute atomic E-state index is 0.205. The van der Waals surface area contributed by atoms with Crippen LogP contribution in [0.25, 0.3) is 0 Å². The molecule has 0 saturated carbocycles. The first-order valence-corrected chi connectivity index (χ1v) is 10.1. The molecule has 0 bridgehead atoms. The van der Waals surface area contributed by atoms with Crippen LogP contribution in [0.5, 0.6) is 5.75 Å². The largest absolute Gasteiger partial charge is 0.481 e. The van der Waals surface area contributed by atoms with Crippen LogP contribution < -0.4 is 15.4 Å². The highest BCUT2D eigenvalue weighted by molar-refractivity contribution is 6.04. The standard InChI is InChI=1S/C24H32N2O3/c1-15(2)14-25-24(28)20-9-7-8-10-21(20)26-23(27)18(6)29-22-13-17(5)11-12-19(22)16(3)4/h7-13,15-16,18H,14H2,1-6H3,(H,25,28)(H,26,27)/t18-/m1/s1. The predicted molar refractivity (Wildman–Crippen MR) is 118 cm³/mol. The molecule has 0 aliphatic rings. The first kappa shape index (κ1) is 22.5. The maximum absolute atomic E-state index is 12.8. The summed E-state index contributed by atoms with van der Waals surface area (Å²) in [4.78, 5) is 25.2. The minimum atomic E-state index is -0.707. The maximum atomic E-state index is 12.8. The number of benzene rings is 2. The molecule has 0 aromatic heterocycles. The minimum Gasteiger partial charge on any atom is -0.481 e. The monoisotopic (exact) mass is 396 g/mol. The van der Waals surface area contributed by atoms with E-state index < -0.39 is 6.10 Å². The van der Waals surface area contributed by atoms with Crippen LogP contribution in [0.3, 0.4) is 0 Å². The quantitative estimate of drug-likeness (QED) is 0.666. The summed E-state index contributed by atoms with van der Waals surface area (Å²) in [6.45, 7) is 12.5. The van der Waals surface area contributed by atoms with Gasteiger partial charge in [-0.2, -0.15) is 0 Å². The normalized spacial score (nSPS) is 12.0. The van der Waals surface area contributed by atoms with E-state index in [1.165, 1.54) is 0 Å². The second-order valence-corrected chi connectivity index (χ2v) is 8.09. The van der Waals surface area contributed by atoms with Crippen LogP contribution in [0.4, 0.5) is 5.69 Å². The fourth-order valence-corrected chi connectivity index (χ4v) is 2.88. The van der Waals surface area contributed by atoms with Gasteiger partial charge in [0.05, 0.1) is 11.3 Å². The smallest absolute Gasteiger partial charge is 0.265 e. The topological polar surface area (TPSA) is 67.4 Å². The Bertz CT molecular complexity index is 859. The zero-order chi connectivity index (χ0) is 21.6. The molecule has 2 aromatic rings. The lowest BCUT2D eigenvalue weighted by molar-refractivity contribution is -0.122. The van der Waals surface area contributed by atoms with E-state index in [0.717, 1.165) is 11.1 Å². The van der Waals surface area contributed by atoms with Gasteiger partial charge in [-0.1, -0.05) is 52.0 Å². The van der Waals surface area contributed by atoms with Crippen molar-refractivity contribution in [3.63, 3.8) is 0 Å². The third kappa shape index (κ3) is 6.34. The number of ether oxygens (including phenoxy) is 1. The number of carbonyl (C=O) groups is 2. The average Bonchev–Trinajstić information content (AvgIpc) is 2.66. The Labute approximate surface area is 173 Å². The van der Waals surface area contributed by atoms with Crippen LogP contribution in [0, 0.1) is 12.8 Å². The molecular formula is C24H32N2O3. The van der Waals surface area contributed by atoms with Crippen LogP contribution in [0.2, 0.25) is 0 Å². The Balaban J connectivity index is 2.13. The van der Waals surface area contributed by atoms with Gasteiger partial charge in [-0.3, -0.25) is 9.59 Å². The van der Waals surface area contributed by atoms with Crippen LogP contribution >= 0.6 is 0 Å². The highest BCUT2D eigenvalue weighted by Gasteiger charge is 2.20. The van der Waals surface area contributed by atoms with Gasteiger partial charge in [-0.25, -0.2) is 0 Å². The van der Waals surface area contributed by atoms with Gasteiger partial charge >= 0.3 is 0 Å². The number of rotatable bonds is 8. The molecule has 0 heterocycles. The lowest BCUT2D eigenvalue weighted by Crippen LogP contribution is -2.32. The van der Waals surface area contributed by atoms with E-state index in [0.29, 0.717) is 29.5 Å². The molecule has 0 saturated heterocycles. The highest BCUT2D eigenvalue weighted by Crippen LogP contribution is 2.28. The van der Waals surface area contributed by atoms with Crippen LogP contribution in [0.1, 0.15) is 62.0 Å². The third-order valence-electron chi connectivity index (χ3n) is 4.56. The molecule has 5 nitrogen and oxygen atoms in total. The second-order valence-electron chi connectivity index (χ2n) is 8.09. The second kappa shape index (κ2) is 10.1. The van der Waals surface area contributed by atoms with Gasteiger partial charge in [-0.05, 0) is 55.0 Å². The van der Waals surface area contributed by atoms with Gasteiger partial charge in [0.15, 0.2) is 6.10 Å². The summed E-state index contributed by atoms with van der Waals surface area (Å²) in [5.74, 6) is 0.838. The maximum Gasteiger partial charge on any atom is 0.265 e. The summed E-state index contributed by atoms with van der Waals surface area (Å²) >= 11 is 0. The molecule has 2 aromatic carbocycles. The van der Waals surface area contributed by atoms with Crippen LogP contribution in [0.15, 0.2) is 42.5 Å². The number of anilines is 1. The molecule has 156 valence electrons. The van der Waals surface area contributed by atoms with E-state index >= 15 is 0 Å². The molecule has 0 aliphatic heterocycles. The number of hydrogen-bond acceptors (Lipinski definition) is 3. The number of amides is 2. The van der Waals surface area contributed by atoms with Gasteiger partial charge < -0.3 is 15.4 Å². The first-order chi connectivity index (χ1) is 13.7. The van der Waals surface area contributed by atoms with E-state index in [-0.39, 0.29) is 17.7 Å². The predicted octanol–water partition coefficient (Wildman–Crippen LogP) is 4.91. The van der Waals surface area contributed by atoms with E-state index in [1.807, 2.05) is 39.0 Å². The van der Waals surface area contributed by atoms with Crippen molar-refractivity contribution in [2.24, 2.45) is 5.92 Å². The van der Waals surface area contributed by atoms with Crippen molar-refractivity contribution in [2.45, 2.75) is 53.6 Å². The molecule has 1 atom stereocenters. The Morgan fingerprint density at radius 3 is 2.34 bits per heavy atom. The van der Waals surface area contributed by atoms with Crippen molar-refractivity contribution in [1.82, 2.24) is 5.32 Å². The fourth-order valence-electron chi connectivity index (χ4n) is 2.88. The molecule has 2 rings (SSSR count). The van der Waals surface area contributed by atoms with Crippen molar-refractivity contribution in [3.8, 4) is 5.75 Å². The number of nitrogens with one attached hydrogen (secondary N) is 2. The van der Waals surface area contributed by atoms with Gasteiger partial charge in [0, 0.05) is 6.54 Å². The van der Waals surface area contributed by atoms with Gasteiger partial charge in [0.1, 0.15) is 5.75 Å². The molecule has 2 amide bonds. The SMILES string of the molecule is Cc1ccc(C(C)C)c(O[C@H](C)C(=O)Nc2ccccc2C(=O)NCC(C)C)c1. The van der Waals surface area contributed by atoms with E-state index in [2.05, 4.69) is 24.5 Å². The van der Waals surface area contributed by atoms with Crippen LogP contribution in [-0.2, 0) is 4.79 Å². The van der Waals surface area contributed by atoms with Gasteiger partial charge in [-0.15, -0.1) is 0 Å². The Morgan fingerprint density at radius 1 is 1.00 bits per heavy atom. The van der Waals surface area contributed by atoms with E-state index in [1.54, 1.807) is 31.2 Å². The molecule has 5 heteroatoms. The Kier molecular flexibility index (Phi) is 7.82. The molecule has 0 radical (unpaired) electrons. The lowest BCUT2D eigenvalue weighted by Gasteiger charge is -2.20. The van der Waals surface area contributed by atoms with Crippen LogP contribution in [-0.4, -0.2) is 24.5 Å². The summed E-state index contributed by atoms with van der Waals surface area (Å²) in [5.41, 5.74) is 3.04. The summed E-state index contributed by atoms with van der Waals surface area (Å²) in [7, 11) is 0. The fraction of sp³-hybridized carbons (Fsp3) is 0.417. The van der Waals surface area contributed by atoms with E-state index in [9.17, 15) is 9.59 Å². The van der Waals surface area contributed by atoms with E-state index in [4.69, 9.17) is 4.74 Å². The average molecular weight is 397 g/mol. The number of aryl methyl sites for hydroxylation is 1. The number of para-hydroxylation sites is 1. The summed E-state index contributed by atoms with van der Waals surface area (Å²) < 4.78 is 5.99. The van der Waals surface area contributed by atoms with Crippen molar-refractivity contribution < 1.29 is 14.3 Å². The summed E-state index contributed by atoms with van der Waals surface area (Å²) in [5, 5.41) is 5.72. The molecule has 0 spiro atoms.